The second-order valence-electron chi connectivity index (χ2n) is 4.94. The van der Waals surface area contributed by atoms with Gasteiger partial charge in [-0.3, -0.25) is 19.3 Å². The molecule has 1 aliphatic heterocycles. The zero-order chi connectivity index (χ0) is 13.9. The summed E-state index contributed by atoms with van der Waals surface area (Å²) in [6.45, 7) is 3.24. The van der Waals surface area contributed by atoms with Gasteiger partial charge < -0.3 is 10.4 Å². The first-order valence-electron chi connectivity index (χ1n) is 5.71. The van der Waals surface area contributed by atoms with E-state index in [9.17, 15) is 14.4 Å². The third-order valence-corrected chi connectivity index (χ3v) is 3.06. The van der Waals surface area contributed by atoms with Crippen LogP contribution < -0.4 is 5.32 Å². The van der Waals surface area contributed by atoms with Gasteiger partial charge in [-0.15, -0.1) is 0 Å². The third kappa shape index (κ3) is 3.71. The predicted molar refractivity (Wildman–Crippen MR) is 68.0 cm³/mol. The van der Waals surface area contributed by atoms with Crippen LogP contribution in [0.25, 0.3) is 0 Å². The van der Waals surface area contributed by atoms with Gasteiger partial charge in [0.05, 0.1) is 17.4 Å². The highest BCUT2D eigenvalue weighted by atomic mass is 32.1. The Morgan fingerprint density at radius 3 is 2.61 bits per heavy atom. The molecule has 0 saturated carbocycles. The molecule has 7 heteroatoms. The summed E-state index contributed by atoms with van der Waals surface area (Å²) in [6, 6.07) is 0. The number of carbonyl (C=O) groups excluding carboxylic acids is 3. The number of imide groups is 1. The SMILES string of the molecule is CC(C)(CO)NC(=O)CCN1C(=O)CC(S)C1=O. The molecule has 0 spiro atoms. The lowest BCUT2D eigenvalue weighted by Gasteiger charge is -2.24. The number of thiol groups is 1. The summed E-state index contributed by atoms with van der Waals surface area (Å²) < 4.78 is 0. The highest BCUT2D eigenvalue weighted by Gasteiger charge is 2.36. The largest absolute Gasteiger partial charge is 0.394 e. The number of nitrogens with one attached hydrogen (secondary N) is 1. The Balaban J connectivity index is 2.44. The van der Waals surface area contributed by atoms with Gasteiger partial charge in [-0.1, -0.05) is 0 Å². The van der Waals surface area contributed by atoms with Gasteiger partial charge in [0.1, 0.15) is 0 Å². The minimum Gasteiger partial charge on any atom is -0.394 e. The summed E-state index contributed by atoms with van der Waals surface area (Å²) in [6.07, 6.45) is 0.118. The zero-order valence-corrected chi connectivity index (χ0v) is 11.4. The van der Waals surface area contributed by atoms with E-state index in [4.69, 9.17) is 5.11 Å². The Morgan fingerprint density at radius 2 is 2.17 bits per heavy atom. The number of hydrogen-bond acceptors (Lipinski definition) is 5. The van der Waals surface area contributed by atoms with E-state index in [-0.39, 0.29) is 43.7 Å². The van der Waals surface area contributed by atoms with Gasteiger partial charge in [0, 0.05) is 19.4 Å². The molecular weight excluding hydrogens is 256 g/mol. The molecule has 0 aromatic carbocycles. The lowest BCUT2D eigenvalue weighted by molar-refractivity contribution is -0.138. The van der Waals surface area contributed by atoms with E-state index in [2.05, 4.69) is 17.9 Å². The van der Waals surface area contributed by atoms with Crippen molar-refractivity contribution in [1.82, 2.24) is 10.2 Å². The Morgan fingerprint density at radius 1 is 1.56 bits per heavy atom. The lowest BCUT2D eigenvalue weighted by atomic mass is 10.1. The highest BCUT2D eigenvalue weighted by molar-refractivity contribution is 7.81. The van der Waals surface area contributed by atoms with E-state index >= 15 is 0 Å². The van der Waals surface area contributed by atoms with Gasteiger partial charge in [0.2, 0.25) is 17.7 Å². The fraction of sp³-hybridized carbons (Fsp3) is 0.727. The number of hydrogen-bond donors (Lipinski definition) is 3. The number of aliphatic hydroxyl groups is 1. The van der Waals surface area contributed by atoms with Crippen molar-refractivity contribution < 1.29 is 19.5 Å². The minimum absolute atomic E-state index is 0.0292. The zero-order valence-electron chi connectivity index (χ0n) is 10.5. The van der Waals surface area contributed by atoms with E-state index in [0.717, 1.165) is 4.90 Å². The van der Waals surface area contributed by atoms with Gasteiger partial charge in [0.15, 0.2) is 0 Å². The number of rotatable bonds is 5. The summed E-state index contributed by atoms with van der Waals surface area (Å²) in [7, 11) is 0. The Bertz CT molecular complexity index is 370. The molecule has 3 amide bonds. The standard InChI is InChI=1S/C11H18N2O4S/c1-11(2,6-14)12-8(15)3-4-13-9(16)5-7(18)10(13)17/h7,14,18H,3-6H2,1-2H3,(H,12,15). The molecule has 0 aliphatic carbocycles. The summed E-state index contributed by atoms with van der Waals surface area (Å²) in [5.41, 5.74) is -0.706. The maximum absolute atomic E-state index is 11.6. The predicted octanol–water partition coefficient (Wildman–Crippen LogP) is -0.679. The number of amides is 3. The smallest absolute Gasteiger partial charge is 0.242 e. The Kier molecular flexibility index (Phi) is 4.75. The fourth-order valence-electron chi connectivity index (χ4n) is 1.59. The maximum Gasteiger partial charge on any atom is 0.242 e. The number of carbonyl (C=O) groups is 3. The average molecular weight is 274 g/mol. The van der Waals surface area contributed by atoms with Gasteiger partial charge in [-0.05, 0) is 13.8 Å². The first-order chi connectivity index (χ1) is 8.26. The molecule has 0 aromatic rings. The van der Waals surface area contributed by atoms with Crippen LogP contribution in [-0.2, 0) is 14.4 Å². The van der Waals surface area contributed by atoms with Crippen LogP contribution in [0.15, 0.2) is 0 Å². The van der Waals surface area contributed by atoms with Crippen molar-refractivity contribution in [1.29, 1.82) is 0 Å². The van der Waals surface area contributed by atoms with Crippen LogP contribution >= 0.6 is 12.6 Å². The summed E-state index contributed by atoms with van der Waals surface area (Å²) >= 11 is 3.99. The molecule has 1 atom stereocenters. The van der Waals surface area contributed by atoms with E-state index in [1.165, 1.54) is 0 Å². The van der Waals surface area contributed by atoms with Crippen molar-refractivity contribution in [3.8, 4) is 0 Å². The first kappa shape index (κ1) is 15.0. The summed E-state index contributed by atoms with van der Waals surface area (Å²) in [4.78, 5) is 35.6. The fourth-order valence-corrected chi connectivity index (χ4v) is 1.89. The molecule has 1 rings (SSSR count). The van der Waals surface area contributed by atoms with Crippen molar-refractivity contribution in [3.05, 3.63) is 0 Å². The topological polar surface area (TPSA) is 86.7 Å². The summed E-state index contributed by atoms with van der Waals surface area (Å²) in [5.74, 6) is -0.955. The maximum atomic E-state index is 11.6. The second-order valence-corrected chi connectivity index (χ2v) is 5.57. The highest BCUT2D eigenvalue weighted by Crippen LogP contribution is 2.17. The molecule has 2 N–H and O–H groups in total. The second kappa shape index (κ2) is 5.71. The molecule has 1 unspecified atom stereocenters. The molecule has 0 bridgehead atoms. The van der Waals surface area contributed by atoms with Crippen molar-refractivity contribution in [2.45, 2.75) is 37.5 Å². The van der Waals surface area contributed by atoms with E-state index in [1.54, 1.807) is 13.8 Å². The van der Waals surface area contributed by atoms with Crippen LogP contribution in [0.5, 0.6) is 0 Å². The molecule has 1 aliphatic rings. The average Bonchev–Trinajstić information content (AvgIpc) is 2.50. The van der Waals surface area contributed by atoms with Crippen LogP contribution in [-0.4, -0.2) is 51.7 Å². The lowest BCUT2D eigenvalue weighted by Crippen LogP contribution is -2.47. The van der Waals surface area contributed by atoms with Gasteiger partial charge in [0.25, 0.3) is 0 Å². The third-order valence-electron chi connectivity index (χ3n) is 2.66. The molecular formula is C11H18N2O4S. The number of nitrogens with zero attached hydrogens (tertiary/aromatic N) is 1. The molecule has 1 fully saturated rings. The van der Waals surface area contributed by atoms with Crippen LogP contribution in [0.4, 0.5) is 0 Å². The van der Waals surface area contributed by atoms with Crippen LogP contribution in [0.3, 0.4) is 0 Å². The quantitative estimate of drug-likeness (QED) is 0.458. The molecule has 102 valence electrons. The molecule has 0 aromatic heterocycles. The summed E-state index contributed by atoms with van der Waals surface area (Å²) in [5, 5.41) is 11.0. The van der Waals surface area contributed by atoms with Gasteiger partial charge in [-0.2, -0.15) is 12.6 Å². The molecule has 18 heavy (non-hydrogen) atoms. The van der Waals surface area contributed by atoms with E-state index < -0.39 is 10.8 Å². The van der Waals surface area contributed by atoms with Crippen LogP contribution in [0.1, 0.15) is 26.7 Å². The molecule has 6 nitrogen and oxygen atoms in total. The number of likely N-dealkylation sites (tertiary alicyclic amines) is 1. The molecule has 1 heterocycles. The van der Waals surface area contributed by atoms with Crippen molar-refractivity contribution >= 4 is 30.4 Å². The number of aliphatic hydroxyl groups excluding tert-OH is 1. The van der Waals surface area contributed by atoms with Gasteiger partial charge >= 0.3 is 0 Å². The Labute approximate surface area is 111 Å². The molecule has 0 radical (unpaired) electrons. The van der Waals surface area contributed by atoms with Crippen LogP contribution in [0, 0.1) is 0 Å². The van der Waals surface area contributed by atoms with E-state index in [1.807, 2.05) is 0 Å². The van der Waals surface area contributed by atoms with E-state index in [0.29, 0.717) is 0 Å². The van der Waals surface area contributed by atoms with Gasteiger partial charge in [-0.25, -0.2) is 0 Å². The Hall–Kier alpha value is -1.08. The van der Waals surface area contributed by atoms with Crippen LogP contribution in [0.2, 0.25) is 0 Å². The normalized spacial score (nSPS) is 20.4. The van der Waals surface area contributed by atoms with Crippen molar-refractivity contribution in [2.24, 2.45) is 0 Å². The first-order valence-corrected chi connectivity index (χ1v) is 6.22. The van der Waals surface area contributed by atoms with Crippen molar-refractivity contribution in [2.75, 3.05) is 13.2 Å². The van der Waals surface area contributed by atoms with Crippen molar-refractivity contribution in [3.63, 3.8) is 0 Å². The monoisotopic (exact) mass is 274 g/mol. The minimum atomic E-state index is -0.706. The molecule has 1 saturated heterocycles.